The SMILES string of the molecule is Cc1ccc(C2CCN(C3CCON(Cc4ccc(F)cc4)C3=O)CC2F)cc1F. The fourth-order valence-corrected chi connectivity index (χ4v) is 4.27. The van der Waals surface area contributed by atoms with Crippen LogP contribution in [-0.4, -0.2) is 47.8 Å². The van der Waals surface area contributed by atoms with Gasteiger partial charge in [-0.05, 0) is 61.2 Å². The number of aryl methyl sites for hydroxylation is 1. The van der Waals surface area contributed by atoms with Gasteiger partial charge in [0.1, 0.15) is 17.8 Å². The van der Waals surface area contributed by atoms with Gasteiger partial charge >= 0.3 is 0 Å². The highest BCUT2D eigenvalue weighted by Crippen LogP contribution is 2.33. The van der Waals surface area contributed by atoms with Crippen molar-refractivity contribution in [3.8, 4) is 0 Å². The second kappa shape index (κ2) is 8.78. The molecular formula is C23H25F3N2O2. The molecule has 30 heavy (non-hydrogen) atoms. The molecule has 2 aromatic carbocycles. The van der Waals surface area contributed by atoms with E-state index < -0.39 is 12.2 Å². The Morgan fingerprint density at radius 3 is 2.57 bits per heavy atom. The van der Waals surface area contributed by atoms with Gasteiger partial charge in [-0.1, -0.05) is 24.3 Å². The minimum atomic E-state index is -1.18. The van der Waals surface area contributed by atoms with E-state index in [2.05, 4.69) is 0 Å². The number of benzene rings is 2. The maximum absolute atomic E-state index is 15.0. The monoisotopic (exact) mass is 418 g/mol. The maximum atomic E-state index is 15.0. The lowest BCUT2D eigenvalue weighted by Gasteiger charge is -2.42. The first-order valence-corrected chi connectivity index (χ1v) is 10.3. The number of carbonyl (C=O) groups excluding carboxylic acids is 1. The van der Waals surface area contributed by atoms with E-state index in [4.69, 9.17) is 4.84 Å². The van der Waals surface area contributed by atoms with Crippen molar-refractivity contribution in [3.63, 3.8) is 0 Å². The molecule has 1 amide bonds. The van der Waals surface area contributed by atoms with Crippen LogP contribution >= 0.6 is 0 Å². The average Bonchev–Trinajstić information content (AvgIpc) is 2.73. The number of hydroxylamine groups is 2. The van der Waals surface area contributed by atoms with E-state index >= 15 is 4.39 Å². The number of piperidine rings is 1. The van der Waals surface area contributed by atoms with Crippen molar-refractivity contribution in [2.45, 2.75) is 44.4 Å². The van der Waals surface area contributed by atoms with Gasteiger partial charge in [0.25, 0.3) is 5.91 Å². The topological polar surface area (TPSA) is 32.8 Å². The number of alkyl halides is 1. The van der Waals surface area contributed by atoms with E-state index in [1.165, 1.54) is 23.3 Å². The molecule has 4 rings (SSSR count). The molecule has 2 saturated heterocycles. The molecule has 2 aromatic rings. The van der Waals surface area contributed by atoms with Crippen LogP contribution in [0.1, 0.15) is 35.4 Å². The lowest BCUT2D eigenvalue weighted by molar-refractivity contribution is -0.212. The van der Waals surface area contributed by atoms with Crippen LogP contribution in [0.2, 0.25) is 0 Å². The number of hydrogen-bond donors (Lipinski definition) is 0. The molecule has 0 bridgehead atoms. The van der Waals surface area contributed by atoms with Crippen molar-refractivity contribution in [1.29, 1.82) is 0 Å². The lowest BCUT2D eigenvalue weighted by Crippen LogP contribution is -2.56. The first-order valence-electron chi connectivity index (χ1n) is 10.3. The summed E-state index contributed by atoms with van der Waals surface area (Å²) in [5, 5.41) is 1.29. The molecule has 0 saturated carbocycles. The van der Waals surface area contributed by atoms with E-state index in [1.807, 2.05) is 4.90 Å². The molecule has 160 valence electrons. The van der Waals surface area contributed by atoms with Crippen molar-refractivity contribution in [2.75, 3.05) is 19.7 Å². The van der Waals surface area contributed by atoms with Crippen molar-refractivity contribution >= 4 is 5.91 Å². The Labute approximate surface area is 174 Å². The Hall–Kier alpha value is -2.38. The van der Waals surface area contributed by atoms with Gasteiger partial charge in [0.05, 0.1) is 19.2 Å². The molecule has 2 aliphatic rings. The van der Waals surface area contributed by atoms with Gasteiger partial charge in [0.15, 0.2) is 0 Å². The summed E-state index contributed by atoms with van der Waals surface area (Å²) in [5.41, 5.74) is 1.97. The summed E-state index contributed by atoms with van der Waals surface area (Å²) in [6, 6.07) is 10.3. The molecule has 3 atom stereocenters. The van der Waals surface area contributed by atoms with Gasteiger partial charge in [-0.25, -0.2) is 18.2 Å². The molecular weight excluding hydrogens is 393 g/mol. The number of nitrogens with zero attached hydrogens (tertiary/aromatic N) is 2. The standard InChI is InChI=1S/C23H25F3N2O2/c1-15-2-5-17(12-20(15)25)19-8-10-27(14-21(19)26)22-9-11-30-28(23(22)29)13-16-3-6-18(24)7-4-16/h2-7,12,19,21-22H,8-11,13-14H2,1H3. The minimum Gasteiger partial charge on any atom is -0.289 e. The fourth-order valence-electron chi connectivity index (χ4n) is 4.27. The number of carbonyl (C=O) groups is 1. The molecule has 2 heterocycles. The molecule has 0 aromatic heterocycles. The van der Waals surface area contributed by atoms with Gasteiger partial charge < -0.3 is 0 Å². The zero-order valence-corrected chi connectivity index (χ0v) is 16.9. The van der Waals surface area contributed by atoms with E-state index in [0.717, 1.165) is 5.56 Å². The van der Waals surface area contributed by atoms with Crippen molar-refractivity contribution in [1.82, 2.24) is 9.96 Å². The quantitative estimate of drug-likeness (QED) is 0.749. The van der Waals surface area contributed by atoms with Crippen LogP contribution in [0.4, 0.5) is 13.2 Å². The zero-order chi connectivity index (χ0) is 21.3. The molecule has 2 aliphatic heterocycles. The van der Waals surface area contributed by atoms with Gasteiger partial charge in [0.2, 0.25) is 0 Å². The van der Waals surface area contributed by atoms with Crippen LogP contribution in [-0.2, 0) is 16.2 Å². The smallest absolute Gasteiger partial charge is 0.263 e. The third-order valence-electron chi connectivity index (χ3n) is 6.05. The molecule has 0 aliphatic carbocycles. The van der Waals surface area contributed by atoms with Crippen LogP contribution in [0.15, 0.2) is 42.5 Å². The first kappa shape index (κ1) is 20.9. The average molecular weight is 418 g/mol. The van der Waals surface area contributed by atoms with E-state index in [-0.39, 0.29) is 36.5 Å². The summed E-state index contributed by atoms with van der Waals surface area (Å²) >= 11 is 0. The maximum Gasteiger partial charge on any atom is 0.263 e. The highest BCUT2D eigenvalue weighted by molar-refractivity contribution is 5.81. The molecule has 7 heteroatoms. The second-order valence-electron chi connectivity index (χ2n) is 8.05. The van der Waals surface area contributed by atoms with Gasteiger partial charge in [-0.15, -0.1) is 0 Å². The van der Waals surface area contributed by atoms with E-state index in [9.17, 15) is 13.6 Å². The minimum absolute atomic E-state index is 0.126. The second-order valence-corrected chi connectivity index (χ2v) is 8.05. The normalized spacial score (nSPS) is 25.5. The molecule has 4 nitrogen and oxygen atoms in total. The van der Waals surface area contributed by atoms with Crippen LogP contribution in [0.25, 0.3) is 0 Å². The molecule has 0 radical (unpaired) electrons. The predicted octanol–water partition coefficient (Wildman–Crippen LogP) is 4.13. The highest BCUT2D eigenvalue weighted by Gasteiger charge is 2.39. The number of hydrogen-bond acceptors (Lipinski definition) is 3. The third-order valence-corrected chi connectivity index (χ3v) is 6.05. The van der Waals surface area contributed by atoms with Gasteiger partial charge in [-0.2, -0.15) is 0 Å². The Balaban J connectivity index is 1.41. The summed E-state index contributed by atoms with van der Waals surface area (Å²) in [7, 11) is 0. The van der Waals surface area contributed by atoms with Gasteiger partial charge in [-0.3, -0.25) is 14.5 Å². The van der Waals surface area contributed by atoms with Crippen LogP contribution < -0.4 is 0 Å². The van der Waals surface area contributed by atoms with Crippen molar-refractivity contribution in [2.24, 2.45) is 0 Å². The highest BCUT2D eigenvalue weighted by atomic mass is 19.1. The number of amides is 1. The number of likely N-dealkylation sites (tertiary alicyclic amines) is 1. The van der Waals surface area contributed by atoms with Crippen molar-refractivity contribution in [3.05, 3.63) is 70.8 Å². The Morgan fingerprint density at radius 1 is 1.10 bits per heavy atom. The van der Waals surface area contributed by atoms with Crippen LogP contribution in [0, 0.1) is 18.6 Å². The molecule has 2 fully saturated rings. The summed E-state index contributed by atoms with van der Waals surface area (Å²) < 4.78 is 42.0. The first-order chi connectivity index (χ1) is 14.4. The number of rotatable bonds is 4. The summed E-state index contributed by atoms with van der Waals surface area (Å²) in [4.78, 5) is 20.3. The number of halogens is 3. The van der Waals surface area contributed by atoms with E-state index in [1.54, 1.807) is 31.2 Å². The predicted molar refractivity (Wildman–Crippen MR) is 106 cm³/mol. The Bertz CT molecular complexity index is 906. The van der Waals surface area contributed by atoms with Gasteiger partial charge in [0, 0.05) is 12.5 Å². The largest absolute Gasteiger partial charge is 0.289 e. The summed E-state index contributed by atoms with van der Waals surface area (Å²) in [5.74, 6) is -1.25. The Morgan fingerprint density at radius 2 is 1.87 bits per heavy atom. The molecule has 0 N–H and O–H groups in total. The third kappa shape index (κ3) is 4.37. The van der Waals surface area contributed by atoms with Crippen LogP contribution in [0.5, 0.6) is 0 Å². The van der Waals surface area contributed by atoms with E-state index in [0.29, 0.717) is 37.1 Å². The van der Waals surface area contributed by atoms with Crippen LogP contribution in [0.3, 0.4) is 0 Å². The lowest BCUT2D eigenvalue weighted by atomic mass is 9.86. The summed E-state index contributed by atoms with van der Waals surface area (Å²) in [6.07, 6.45) is -0.163. The Kier molecular flexibility index (Phi) is 6.11. The van der Waals surface area contributed by atoms with Crippen molar-refractivity contribution < 1.29 is 22.8 Å². The molecule has 0 spiro atoms. The summed E-state index contributed by atoms with van der Waals surface area (Å²) in [6.45, 7) is 2.94. The fraction of sp³-hybridized carbons (Fsp3) is 0.435. The molecule has 3 unspecified atom stereocenters. The zero-order valence-electron chi connectivity index (χ0n) is 16.9.